The number of methoxy groups -OCH3 is 2. The monoisotopic (exact) mass is 654 g/mol. The lowest BCUT2D eigenvalue weighted by Crippen LogP contribution is -2.41. The van der Waals surface area contributed by atoms with Crippen molar-refractivity contribution in [1.82, 2.24) is 9.62 Å². The second-order valence-electron chi connectivity index (χ2n) is 9.50. The summed E-state index contributed by atoms with van der Waals surface area (Å²) in [5.41, 5.74) is 6.55. The number of nitrogens with zero attached hydrogens (tertiary/aromatic N) is 1. The van der Waals surface area contributed by atoms with Crippen LogP contribution < -0.4 is 19.9 Å². The molecule has 0 radical (unpaired) electrons. The molecule has 4 rings (SSSR count). The van der Waals surface area contributed by atoms with Crippen LogP contribution in [0.15, 0.2) is 59.5 Å². The molecule has 0 saturated carbocycles. The number of aliphatic carboxylic acids is 1. The minimum Gasteiger partial charge on any atom is -0.497 e. The molecular formula is C28H29F3N4O9S. The number of likely N-dealkylation sites (tertiary alicyclic amines) is 1. The smallest absolute Gasteiger partial charge is 0.490 e. The summed E-state index contributed by atoms with van der Waals surface area (Å²) in [5, 5.41) is 16.4. The Hall–Kier alpha value is -4.90. The van der Waals surface area contributed by atoms with Gasteiger partial charge < -0.3 is 30.0 Å². The fourth-order valence-corrected chi connectivity index (χ4v) is 5.43. The molecule has 5 N–H and O–H groups in total. The zero-order valence-electron chi connectivity index (χ0n) is 23.9. The van der Waals surface area contributed by atoms with Gasteiger partial charge in [-0.2, -0.15) is 17.9 Å². The van der Waals surface area contributed by atoms with E-state index in [0.717, 1.165) is 5.39 Å². The summed E-state index contributed by atoms with van der Waals surface area (Å²) in [4.78, 5) is 35.1. The first-order valence-corrected chi connectivity index (χ1v) is 14.4. The largest absolute Gasteiger partial charge is 0.497 e. The number of carbonyl (C=O) groups is 3. The van der Waals surface area contributed by atoms with E-state index in [2.05, 4.69) is 9.46 Å². The van der Waals surface area contributed by atoms with E-state index in [-0.39, 0.29) is 30.3 Å². The van der Waals surface area contributed by atoms with E-state index in [0.29, 0.717) is 34.6 Å². The van der Waals surface area contributed by atoms with Crippen molar-refractivity contribution in [1.29, 1.82) is 5.41 Å². The van der Waals surface area contributed by atoms with Crippen LogP contribution in [0.4, 0.5) is 13.2 Å². The molecule has 1 amide bonds. The van der Waals surface area contributed by atoms with Crippen LogP contribution >= 0.6 is 0 Å². The predicted octanol–water partition coefficient (Wildman–Crippen LogP) is 2.40. The highest BCUT2D eigenvalue weighted by Gasteiger charge is 2.38. The fraction of sp³-hybridized carbons (Fsp3) is 0.286. The Labute approximate surface area is 255 Å². The van der Waals surface area contributed by atoms with Gasteiger partial charge >= 0.3 is 18.1 Å². The van der Waals surface area contributed by atoms with Gasteiger partial charge in [-0.15, -0.1) is 0 Å². The molecule has 45 heavy (non-hydrogen) atoms. The standard InChI is InChI=1S/C26H28N4O7S.C2HF3O2/c1-35-20-6-3-16-4-7-21(13-18(16)12-20)38(33,34)29-22-9-10-30(26(22)32)14-19-11-17(25(27)28)5-8-23(19)37-15-24(31)36-2;3-2(4,5)1(6)7/h3-8,11-13,22,29H,9-10,14-15H2,1-2H3,(H3,27,28);(H,6,7). The highest BCUT2D eigenvalue weighted by molar-refractivity contribution is 7.89. The zero-order chi connectivity index (χ0) is 33.5. The minimum absolute atomic E-state index is 0.0390. The number of nitrogens with two attached hydrogens (primary N) is 1. The molecule has 1 aliphatic heterocycles. The van der Waals surface area contributed by atoms with Gasteiger partial charge in [-0.25, -0.2) is 18.0 Å². The third kappa shape index (κ3) is 9.05. The molecule has 17 heteroatoms. The van der Waals surface area contributed by atoms with Crippen LogP contribution in [0.5, 0.6) is 11.5 Å². The number of halogens is 3. The molecule has 3 aromatic carbocycles. The first kappa shape index (κ1) is 34.6. The van der Waals surface area contributed by atoms with Gasteiger partial charge in [-0.05, 0) is 59.7 Å². The Bertz CT molecular complexity index is 1720. The first-order valence-electron chi connectivity index (χ1n) is 12.9. The SMILES string of the molecule is COC(=O)COc1ccc(C(=N)N)cc1CN1CCC(NS(=O)(=O)c2ccc3ccc(OC)cc3c2)C1=O.O=C(O)C(F)(F)F. The normalized spacial score (nSPS) is 14.8. The molecule has 1 fully saturated rings. The van der Waals surface area contributed by atoms with Crippen LogP contribution in [0, 0.1) is 5.41 Å². The minimum atomic E-state index is -5.08. The molecule has 242 valence electrons. The van der Waals surface area contributed by atoms with Gasteiger partial charge in [0.1, 0.15) is 23.4 Å². The Kier molecular flexibility index (Phi) is 11.0. The van der Waals surface area contributed by atoms with E-state index in [1.165, 1.54) is 31.3 Å². The summed E-state index contributed by atoms with van der Waals surface area (Å²) in [5.74, 6) is -2.98. The van der Waals surface area contributed by atoms with Crippen LogP contribution in [0.25, 0.3) is 10.8 Å². The summed E-state index contributed by atoms with van der Waals surface area (Å²) < 4.78 is 75.9. The number of nitrogens with one attached hydrogen (secondary N) is 2. The average molecular weight is 655 g/mol. The molecule has 1 heterocycles. The Morgan fingerprint density at radius 1 is 1.09 bits per heavy atom. The lowest BCUT2D eigenvalue weighted by molar-refractivity contribution is -0.192. The summed E-state index contributed by atoms with van der Waals surface area (Å²) in [6.45, 7) is 0.0308. The summed E-state index contributed by atoms with van der Waals surface area (Å²) in [6.07, 6.45) is -4.82. The maximum absolute atomic E-state index is 13.2. The van der Waals surface area contributed by atoms with Crippen LogP contribution in [0.1, 0.15) is 17.5 Å². The number of benzene rings is 3. The zero-order valence-corrected chi connectivity index (χ0v) is 24.7. The van der Waals surface area contributed by atoms with Crippen molar-refractivity contribution in [3.8, 4) is 11.5 Å². The van der Waals surface area contributed by atoms with Gasteiger partial charge in [0.05, 0.1) is 19.1 Å². The number of amidine groups is 1. The lowest BCUT2D eigenvalue weighted by Gasteiger charge is -2.20. The number of rotatable bonds is 10. The van der Waals surface area contributed by atoms with E-state index in [9.17, 15) is 31.2 Å². The molecule has 13 nitrogen and oxygen atoms in total. The number of ether oxygens (including phenoxy) is 3. The lowest BCUT2D eigenvalue weighted by atomic mass is 10.1. The second kappa shape index (κ2) is 14.3. The third-order valence-corrected chi connectivity index (χ3v) is 7.94. The number of hydrogen-bond donors (Lipinski definition) is 4. The highest BCUT2D eigenvalue weighted by Crippen LogP contribution is 2.27. The van der Waals surface area contributed by atoms with E-state index in [1.807, 2.05) is 6.07 Å². The van der Waals surface area contributed by atoms with Crippen LogP contribution in [-0.4, -0.2) is 81.7 Å². The number of alkyl halides is 3. The summed E-state index contributed by atoms with van der Waals surface area (Å²) in [6, 6.07) is 13.9. The van der Waals surface area contributed by atoms with E-state index in [4.69, 9.17) is 30.5 Å². The number of sulfonamides is 1. The topological polar surface area (TPSA) is 198 Å². The number of hydrogen-bond acceptors (Lipinski definition) is 9. The van der Waals surface area contributed by atoms with Crippen molar-refractivity contribution in [2.24, 2.45) is 5.73 Å². The van der Waals surface area contributed by atoms with E-state index >= 15 is 0 Å². The molecule has 1 unspecified atom stereocenters. The predicted molar refractivity (Wildman–Crippen MR) is 153 cm³/mol. The van der Waals surface area contributed by atoms with Crippen LogP contribution in [-0.2, 0) is 35.7 Å². The molecular weight excluding hydrogens is 625 g/mol. The van der Waals surface area contributed by atoms with Gasteiger partial charge in [-0.1, -0.05) is 12.1 Å². The Balaban J connectivity index is 0.000000707. The van der Waals surface area contributed by atoms with Gasteiger partial charge in [0.15, 0.2) is 6.61 Å². The van der Waals surface area contributed by atoms with Crippen molar-refractivity contribution < 1.29 is 55.3 Å². The summed E-state index contributed by atoms with van der Waals surface area (Å²) in [7, 11) is -1.22. The number of amides is 1. The van der Waals surface area contributed by atoms with Crippen LogP contribution in [0.3, 0.4) is 0 Å². The van der Waals surface area contributed by atoms with Crippen molar-refractivity contribution in [2.45, 2.75) is 30.1 Å². The molecule has 0 bridgehead atoms. The molecule has 0 aromatic heterocycles. The maximum atomic E-state index is 13.2. The Morgan fingerprint density at radius 3 is 2.36 bits per heavy atom. The number of carbonyl (C=O) groups excluding carboxylic acids is 2. The number of fused-ring (bicyclic) bond motifs is 1. The average Bonchev–Trinajstić information content (AvgIpc) is 3.32. The van der Waals surface area contributed by atoms with Crippen LogP contribution in [0.2, 0.25) is 0 Å². The fourth-order valence-electron chi connectivity index (χ4n) is 4.17. The van der Waals surface area contributed by atoms with Gasteiger partial charge in [-0.3, -0.25) is 10.2 Å². The molecule has 0 aliphatic carbocycles. The van der Waals surface area contributed by atoms with E-state index in [1.54, 1.807) is 36.4 Å². The number of nitrogen functional groups attached to an aromatic ring is 1. The summed E-state index contributed by atoms with van der Waals surface area (Å²) >= 11 is 0. The quantitative estimate of drug-likeness (QED) is 0.143. The van der Waals surface area contributed by atoms with Gasteiger partial charge in [0.2, 0.25) is 15.9 Å². The second-order valence-corrected chi connectivity index (χ2v) is 11.2. The van der Waals surface area contributed by atoms with Crippen molar-refractivity contribution in [3.05, 3.63) is 65.7 Å². The van der Waals surface area contributed by atoms with E-state index < -0.39 is 40.1 Å². The maximum Gasteiger partial charge on any atom is 0.490 e. The number of carboxylic acid groups (broad SMARTS) is 1. The van der Waals surface area contributed by atoms with Gasteiger partial charge in [0.25, 0.3) is 0 Å². The van der Waals surface area contributed by atoms with Gasteiger partial charge in [0, 0.05) is 24.2 Å². The third-order valence-electron chi connectivity index (χ3n) is 6.47. The molecule has 1 saturated heterocycles. The van der Waals surface area contributed by atoms with Crippen molar-refractivity contribution >= 4 is 44.5 Å². The Morgan fingerprint density at radius 2 is 1.76 bits per heavy atom. The number of esters is 1. The first-order chi connectivity index (χ1) is 21.0. The molecule has 3 aromatic rings. The number of carboxylic acids is 1. The highest BCUT2D eigenvalue weighted by atomic mass is 32.2. The molecule has 1 atom stereocenters. The van der Waals surface area contributed by atoms with Crippen molar-refractivity contribution in [2.75, 3.05) is 27.4 Å². The molecule has 0 spiro atoms. The van der Waals surface area contributed by atoms with Crippen molar-refractivity contribution in [3.63, 3.8) is 0 Å². The molecule has 1 aliphatic rings.